The number of rotatable bonds is 12. The van der Waals surface area contributed by atoms with Gasteiger partial charge < -0.3 is 0 Å². The summed E-state index contributed by atoms with van der Waals surface area (Å²) in [7, 11) is 0. The minimum atomic E-state index is 0.0404. The van der Waals surface area contributed by atoms with Crippen LogP contribution in [0.25, 0.3) is 0 Å². The van der Waals surface area contributed by atoms with Crippen LogP contribution in [0.4, 0.5) is 0 Å². The van der Waals surface area contributed by atoms with Crippen LogP contribution >= 0.6 is 0 Å². The van der Waals surface area contributed by atoms with Gasteiger partial charge in [0.1, 0.15) is 0 Å². The molecule has 2 aromatic carbocycles. The highest BCUT2D eigenvalue weighted by Gasteiger charge is 2.39. The average molecular weight is 507 g/mol. The molecule has 0 fully saturated rings. The van der Waals surface area contributed by atoms with Gasteiger partial charge in [0, 0.05) is 37.3 Å². The number of hydrogen-bond acceptors (Lipinski definition) is 2. The fourth-order valence-corrected chi connectivity index (χ4v) is 5.15. The summed E-state index contributed by atoms with van der Waals surface area (Å²) in [6.07, 6.45) is 1.10. The highest BCUT2D eigenvalue weighted by molar-refractivity contribution is 5.16. The predicted octanol–water partition coefficient (Wildman–Crippen LogP) is 9.30. The molecule has 0 saturated heterocycles. The summed E-state index contributed by atoms with van der Waals surface area (Å²) in [6.45, 7) is 33.2. The second kappa shape index (κ2) is 12.5. The van der Waals surface area contributed by atoms with Crippen LogP contribution in [0.5, 0.6) is 0 Å². The Hall–Kier alpha value is -1.64. The lowest BCUT2D eigenvalue weighted by Gasteiger charge is -2.50. The van der Waals surface area contributed by atoms with E-state index in [1.807, 2.05) is 0 Å². The van der Waals surface area contributed by atoms with Crippen molar-refractivity contribution in [2.45, 2.75) is 114 Å². The Kier molecular flexibility index (Phi) is 10.6. The van der Waals surface area contributed by atoms with E-state index in [4.69, 9.17) is 0 Å². The van der Waals surface area contributed by atoms with Crippen molar-refractivity contribution in [3.05, 3.63) is 71.8 Å². The Balaban J connectivity index is 2.37. The number of nitrogens with zero attached hydrogens (tertiary/aromatic N) is 2. The zero-order chi connectivity index (χ0) is 28.1. The van der Waals surface area contributed by atoms with Gasteiger partial charge in [-0.05, 0) is 67.9 Å². The zero-order valence-corrected chi connectivity index (χ0v) is 26.4. The molecular weight excluding hydrogens is 448 g/mol. The van der Waals surface area contributed by atoms with Crippen molar-refractivity contribution in [2.75, 3.05) is 13.1 Å². The van der Waals surface area contributed by atoms with Gasteiger partial charge in [-0.15, -0.1) is 0 Å². The van der Waals surface area contributed by atoms with E-state index in [-0.39, 0.29) is 21.9 Å². The Morgan fingerprint density at radius 2 is 0.811 bits per heavy atom. The van der Waals surface area contributed by atoms with Gasteiger partial charge in [0.05, 0.1) is 0 Å². The van der Waals surface area contributed by atoms with Gasteiger partial charge in [-0.1, -0.05) is 116 Å². The van der Waals surface area contributed by atoms with E-state index in [1.165, 1.54) is 11.1 Å². The second-order valence-electron chi connectivity index (χ2n) is 15.1. The first-order valence-corrected chi connectivity index (χ1v) is 14.5. The van der Waals surface area contributed by atoms with Crippen molar-refractivity contribution < 1.29 is 0 Å². The molecule has 2 atom stereocenters. The van der Waals surface area contributed by atoms with Gasteiger partial charge >= 0.3 is 0 Å². The maximum atomic E-state index is 2.76. The topological polar surface area (TPSA) is 6.48 Å². The molecule has 2 nitrogen and oxygen atoms in total. The highest BCUT2D eigenvalue weighted by atomic mass is 15.2. The molecule has 0 aliphatic rings. The zero-order valence-electron chi connectivity index (χ0n) is 26.4. The van der Waals surface area contributed by atoms with Gasteiger partial charge in [0.15, 0.2) is 0 Å². The quantitative estimate of drug-likeness (QED) is 0.283. The maximum Gasteiger partial charge on any atom is 0.0239 e. The molecule has 37 heavy (non-hydrogen) atoms. The lowest BCUT2D eigenvalue weighted by Crippen LogP contribution is -2.55. The lowest BCUT2D eigenvalue weighted by molar-refractivity contribution is -0.00558. The molecule has 0 aliphatic carbocycles. The van der Waals surface area contributed by atoms with Crippen LogP contribution in [0.1, 0.15) is 101 Å². The molecule has 0 spiro atoms. The van der Waals surface area contributed by atoms with Crippen LogP contribution in [-0.2, 0) is 13.1 Å². The smallest absolute Gasteiger partial charge is 0.0239 e. The monoisotopic (exact) mass is 506 g/mol. The molecule has 0 aromatic heterocycles. The van der Waals surface area contributed by atoms with E-state index >= 15 is 0 Å². The summed E-state index contributed by atoms with van der Waals surface area (Å²) in [5.41, 5.74) is 3.44. The van der Waals surface area contributed by atoms with E-state index in [0.717, 1.165) is 32.6 Å². The second-order valence-corrected chi connectivity index (χ2v) is 15.1. The summed E-state index contributed by atoms with van der Waals surface area (Å²) >= 11 is 0. The largest absolute Gasteiger partial charge is 0.294 e. The fourth-order valence-electron chi connectivity index (χ4n) is 5.15. The summed E-state index contributed by atoms with van der Waals surface area (Å²) in [5, 5.41) is 0. The summed E-state index contributed by atoms with van der Waals surface area (Å²) in [4.78, 5) is 5.52. The Morgan fingerprint density at radius 1 is 0.514 bits per heavy atom. The van der Waals surface area contributed by atoms with Gasteiger partial charge in [-0.25, -0.2) is 0 Å². The molecule has 208 valence electrons. The van der Waals surface area contributed by atoms with Crippen molar-refractivity contribution >= 4 is 0 Å². The first kappa shape index (κ1) is 31.6. The maximum absolute atomic E-state index is 2.76. The predicted molar refractivity (Wildman–Crippen MR) is 164 cm³/mol. The molecule has 0 amide bonds. The molecule has 2 aromatic rings. The highest BCUT2D eigenvalue weighted by Crippen LogP contribution is 2.37. The van der Waals surface area contributed by atoms with Crippen molar-refractivity contribution in [1.82, 2.24) is 9.80 Å². The first-order chi connectivity index (χ1) is 16.9. The van der Waals surface area contributed by atoms with Crippen LogP contribution in [0.15, 0.2) is 60.7 Å². The van der Waals surface area contributed by atoms with E-state index in [2.05, 4.69) is 154 Å². The van der Waals surface area contributed by atoms with Gasteiger partial charge in [0.25, 0.3) is 0 Å². The van der Waals surface area contributed by atoms with E-state index in [1.54, 1.807) is 0 Å². The van der Waals surface area contributed by atoms with Gasteiger partial charge in [0.2, 0.25) is 0 Å². The molecular formula is C35H58N2. The van der Waals surface area contributed by atoms with Crippen LogP contribution in [-0.4, -0.2) is 34.0 Å². The van der Waals surface area contributed by atoms with E-state index in [0.29, 0.717) is 11.8 Å². The molecule has 0 saturated carbocycles. The summed E-state index contributed by atoms with van der Waals surface area (Å²) in [6, 6.07) is 22.1. The van der Waals surface area contributed by atoms with Gasteiger partial charge in [-0.3, -0.25) is 9.80 Å². The van der Waals surface area contributed by atoms with Crippen molar-refractivity contribution in [3.63, 3.8) is 0 Å². The van der Waals surface area contributed by atoms with E-state index < -0.39 is 0 Å². The van der Waals surface area contributed by atoms with Crippen LogP contribution in [0.2, 0.25) is 0 Å². The molecule has 0 aliphatic heterocycles. The standard InChI is InChI=1S/C35H58N2/c1-28(32(3,4)5)23-36(25-30-19-15-13-16-20-30)34(9,10)27-35(11,12)37(24-29(2)33(6,7)8)26-31-21-17-14-18-22-31/h13-22,28-29H,23-27H2,1-12H3. The average Bonchev–Trinajstić information content (AvgIpc) is 2.77. The molecule has 0 N–H and O–H groups in total. The molecule has 2 rings (SSSR count). The van der Waals surface area contributed by atoms with E-state index in [9.17, 15) is 0 Å². The van der Waals surface area contributed by atoms with Crippen LogP contribution < -0.4 is 0 Å². The van der Waals surface area contributed by atoms with Crippen molar-refractivity contribution in [1.29, 1.82) is 0 Å². The molecule has 0 radical (unpaired) electrons. The lowest BCUT2D eigenvalue weighted by atomic mass is 9.78. The third-order valence-corrected chi connectivity index (χ3v) is 8.96. The van der Waals surface area contributed by atoms with Gasteiger partial charge in [-0.2, -0.15) is 0 Å². The normalized spacial score (nSPS) is 15.3. The molecule has 0 heterocycles. The molecule has 2 heteroatoms. The molecule has 2 unspecified atom stereocenters. The molecule has 0 bridgehead atoms. The SMILES string of the molecule is CC(CN(Cc1ccccc1)C(C)(C)CC(C)(C)N(Cc1ccccc1)CC(C)C(C)(C)C)C(C)(C)C. The van der Waals surface area contributed by atoms with Crippen LogP contribution in [0.3, 0.4) is 0 Å². The van der Waals surface area contributed by atoms with Crippen LogP contribution in [0, 0.1) is 22.7 Å². The number of hydrogen-bond donors (Lipinski definition) is 0. The minimum absolute atomic E-state index is 0.0404. The Morgan fingerprint density at radius 3 is 1.08 bits per heavy atom. The third kappa shape index (κ3) is 9.88. The summed E-state index contributed by atoms with van der Waals surface area (Å²) < 4.78 is 0. The van der Waals surface area contributed by atoms with Crippen molar-refractivity contribution in [2.24, 2.45) is 22.7 Å². The van der Waals surface area contributed by atoms with Crippen molar-refractivity contribution in [3.8, 4) is 0 Å². The summed E-state index contributed by atoms with van der Waals surface area (Å²) in [5.74, 6) is 1.19. The fraction of sp³-hybridized carbons (Fsp3) is 0.657. The Labute approximate surface area is 230 Å². The Bertz CT molecular complexity index is 838. The minimum Gasteiger partial charge on any atom is -0.294 e. The first-order valence-electron chi connectivity index (χ1n) is 14.5. The third-order valence-electron chi connectivity index (χ3n) is 8.96. The number of benzene rings is 2.